The number of nitrogen functional groups attached to an aromatic ring is 1. The summed E-state index contributed by atoms with van der Waals surface area (Å²) in [6.45, 7) is -0.0774. The zero-order chi connectivity index (χ0) is 16.9. The van der Waals surface area contributed by atoms with Gasteiger partial charge in [-0.25, -0.2) is 4.98 Å². The second-order valence-electron chi connectivity index (χ2n) is 4.94. The molecule has 0 aliphatic rings. The minimum Gasteiger partial charge on any atom is -0.484 e. The molecule has 0 aliphatic carbocycles. The summed E-state index contributed by atoms with van der Waals surface area (Å²) in [5.74, 6) is 0.349. The first kappa shape index (κ1) is 16.3. The van der Waals surface area contributed by atoms with E-state index in [9.17, 15) is 4.79 Å². The summed E-state index contributed by atoms with van der Waals surface area (Å²) in [6.07, 6.45) is 0. The molecule has 24 heavy (non-hydrogen) atoms. The van der Waals surface area contributed by atoms with Crippen LogP contribution in [0.3, 0.4) is 0 Å². The molecule has 0 bridgehead atoms. The predicted octanol–water partition coefficient (Wildman–Crippen LogP) is 4.06. The minimum absolute atomic E-state index is 0.0774. The molecular formula is C17H14ClN3O2S. The molecule has 2 aromatic carbocycles. The lowest BCUT2D eigenvalue weighted by Crippen LogP contribution is -2.20. The summed E-state index contributed by atoms with van der Waals surface area (Å²) in [4.78, 5) is 16.1. The van der Waals surface area contributed by atoms with Crippen molar-refractivity contribution >= 4 is 39.7 Å². The molecular weight excluding hydrogens is 346 g/mol. The van der Waals surface area contributed by atoms with E-state index >= 15 is 0 Å². The molecule has 0 spiro atoms. The highest BCUT2D eigenvalue weighted by Gasteiger charge is 2.06. The Morgan fingerprint density at radius 3 is 2.50 bits per heavy atom. The number of benzene rings is 2. The van der Waals surface area contributed by atoms with Crippen LogP contribution in [0.15, 0.2) is 53.9 Å². The largest absolute Gasteiger partial charge is 0.484 e. The minimum atomic E-state index is -0.240. The molecule has 0 atom stereocenters. The highest BCUT2D eigenvalue weighted by molar-refractivity contribution is 7.13. The first-order valence-electron chi connectivity index (χ1n) is 7.10. The lowest BCUT2D eigenvalue weighted by atomic mass is 10.1. The van der Waals surface area contributed by atoms with Crippen molar-refractivity contribution in [3.8, 4) is 17.0 Å². The summed E-state index contributed by atoms with van der Waals surface area (Å²) in [5.41, 5.74) is 8.08. The van der Waals surface area contributed by atoms with E-state index in [4.69, 9.17) is 22.1 Å². The summed E-state index contributed by atoms with van der Waals surface area (Å²) in [5, 5.41) is 5.82. The molecule has 1 aromatic heterocycles. The number of hydrogen-bond donors (Lipinski definition) is 2. The number of nitrogens with one attached hydrogen (secondary N) is 1. The van der Waals surface area contributed by atoms with Gasteiger partial charge in [-0.15, -0.1) is 11.3 Å². The molecule has 0 fully saturated rings. The van der Waals surface area contributed by atoms with Gasteiger partial charge in [0, 0.05) is 21.7 Å². The quantitative estimate of drug-likeness (QED) is 0.720. The van der Waals surface area contributed by atoms with Gasteiger partial charge in [0.05, 0.1) is 5.69 Å². The SMILES string of the molecule is Nc1nc(-c2ccc(NC(=O)COc3ccc(Cl)cc3)cc2)cs1. The number of anilines is 2. The van der Waals surface area contributed by atoms with Gasteiger partial charge in [0.2, 0.25) is 0 Å². The maximum Gasteiger partial charge on any atom is 0.262 e. The number of rotatable bonds is 5. The first-order valence-corrected chi connectivity index (χ1v) is 8.35. The van der Waals surface area contributed by atoms with Gasteiger partial charge in [0.15, 0.2) is 11.7 Å². The molecule has 0 saturated heterocycles. The second kappa shape index (κ2) is 7.33. The average Bonchev–Trinajstić information content (AvgIpc) is 3.01. The van der Waals surface area contributed by atoms with Crippen LogP contribution in [0.5, 0.6) is 5.75 Å². The van der Waals surface area contributed by atoms with Crippen molar-refractivity contribution in [3.05, 3.63) is 58.9 Å². The maximum atomic E-state index is 11.9. The number of carbonyl (C=O) groups is 1. The normalized spacial score (nSPS) is 10.4. The molecule has 0 aliphatic heterocycles. The molecule has 1 amide bonds. The van der Waals surface area contributed by atoms with Crippen LogP contribution < -0.4 is 15.8 Å². The highest BCUT2D eigenvalue weighted by atomic mass is 35.5. The van der Waals surface area contributed by atoms with Crippen molar-refractivity contribution in [3.63, 3.8) is 0 Å². The summed E-state index contributed by atoms with van der Waals surface area (Å²) in [7, 11) is 0. The fourth-order valence-electron chi connectivity index (χ4n) is 2.02. The van der Waals surface area contributed by atoms with Gasteiger partial charge in [0.1, 0.15) is 5.75 Å². The van der Waals surface area contributed by atoms with Crippen LogP contribution in [0.4, 0.5) is 10.8 Å². The van der Waals surface area contributed by atoms with E-state index in [-0.39, 0.29) is 12.5 Å². The Bertz CT molecular complexity index is 832. The van der Waals surface area contributed by atoms with Gasteiger partial charge in [0.25, 0.3) is 5.91 Å². The number of aromatic nitrogens is 1. The third-order valence-electron chi connectivity index (χ3n) is 3.17. The summed E-state index contributed by atoms with van der Waals surface area (Å²) >= 11 is 7.19. The smallest absolute Gasteiger partial charge is 0.262 e. The van der Waals surface area contributed by atoms with Crippen LogP contribution in [0, 0.1) is 0 Å². The lowest BCUT2D eigenvalue weighted by molar-refractivity contribution is -0.118. The van der Waals surface area contributed by atoms with E-state index in [0.29, 0.717) is 21.6 Å². The Hall–Kier alpha value is -2.57. The Morgan fingerprint density at radius 1 is 1.17 bits per heavy atom. The lowest BCUT2D eigenvalue weighted by Gasteiger charge is -2.08. The molecule has 5 nitrogen and oxygen atoms in total. The monoisotopic (exact) mass is 359 g/mol. The van der Waals surface area contributed by atoms with Gasteiger partial charge in [-0.1, -0.05) is 23.7 Å². The van der Waals surface area contributed by atoms with Crippen LogP contribution in [0.1, 0.15) is 0 Å². The number of amides is 1. The molecule has 0 unspecified atom stereocenters. The number of nitrogens with two attached hydrogens (primary N) is 1. The summed E-state index contributed by atoms with van der Waals surface area (Å²) in [6, 6.07) is 14.2. The molecule has 3 N–H and O–H groups in total. The molecule has 0 radical (unpaired) electrons. The van der Waals surface area contributed by atoms with Gasteiger partial charge in [-0.3, -0.25) is 4.79 Å². The van der Waals surface area contributed by atoms with E-state index in [1.807, 2.05) is 29.6 Å². The topological polar surface area (TPSA) is 77.2 Å². The molecule has 0 saturated carbocycles. The standard InChI is InChI=1S/C17H14ClN3O2S/c18-12-3-7-14(8-4-12)23-9-16(22)20-13-5-1-11(2-6-13)15-10-24-17(19)21-15/h1-8,10H,9H2,(H2,19,21)(H,20,22). The summed E-state index contributed by atoms with van der Waals surface area (Å²) < 4.78 is 5.40. The predicted molar refractivity (Wildman–Crippen MR) is 97.5 cm³/mol. The fraction of sp³-hybridized carbons (Fsp3) is 0.0588. The van der Waals surface area contributed by atoms with Crippen LogP contribution in [0.25, 0.3) is 11.3 Å². The van der Waals surface area contributed by atoms with Gasteiger partial charge in [-0.2, -0.15) is 0 Å². The van der Waals surface area contributed by atoms with Crippen LogP contribution in [0.2, 0.25) is 5.02 Å². The number of nitrogens with zero attached hydrogens (tertiary/aromatic N) is 1. The van der Waals surface area contributed by atoms with Crippen molar-refractivity contribution in [1.29, 1.82) is 0 Å². The van der Waals surface area contributed by atoms with Crippen molar-refractivity contribution in [2.24, 2.45) is 0 Å². The molecule has 122 valence electrons. The Balaban J connectivity index is 1.55. The van der Waals surface area contributed by atoms with Crippen molar-refractivity contribution in [1.82, 2.24) is 4.98 Å². The first-order chi connectivity index (χ1) is 11.6. The van der Waals surface area contributed by atoms with E-state index in [2.05, 4.69) is 10.3 Å². The Kier molecular flexibility index (Phi) is 4.98. The third kappa shape index (κ3) is 4.24. The molecule has 3 aromatic rings. The van der Waals surface area contributed by atoms with Crippen molar-refractivity contribution < 1.29 is 9.53 Å². The van der Waals surface area contributed by atoms with Gasteiger partial charge >= 0.3 is 0 Å². The van der Waals surface area contributed by atoms with E-state index in [0.717, 1.165) is 11.3 Å². The zero-order valence-electron chi connectivity index (χ0n) is 12.5. The third-order valence-corrected chi connectivity index (χ3v) is 4.10. The highest BCUT2D eigenvalue weighted by Crippen LogP contribution is 2.24. The maximum absolute atomic E-state index is 11.9. The van der Waals surface area contributed by atoms with Crippen LogP contribution in [-0.2, 0) is 4.79 Å². The average molecular weight is 360 g/mol. The van der Waals surface area contributed by atoms with E-state index in [1.165, 1.54) is 11.3 Å². The molecule has 7 heteroatoms. The van der Waals surface area contributed by atoms with Crippen molar-refractivity contribution in [2.45, 2.75) is 0 Å². The van der Waals surface area contributed by atoms with E-state index in [1.54, 1.807) is 24.3 Å². The van der Waals surface area contributed by atoms with Gasteiger partial charge < -0.3 is 15.8 Å². The number of halogens is 1. The molecule has 3 rings (SSSR count). The fourth-order valence-corrected chi connectivity index (χ4v) is 2.72. The van der Waals surface area contributed by atoms with Crippen LogP contribution in [-0.4, -0.2) is 17.5 Å². The Morgan fingerprint density at radius 2 is 1.88 bits per heavy atom. The second-order valence-corrected chi connectivity index (χ2v) is 6.27. The number of hydrogen-bond acceptors (Lipinski definition) is 5. The van der Waals surface area contributed by atoms with Crippen molar-refractivity contribution in [2.75, 3.05) is 17.7 Å². The van der Waals surface area contributed by atoms with Crippen LogP contribution >= 0.6 is 22.9 Å². The van der Waals surface area contributed by atoms with Gasteiger partial charge in [-0.05, 0) is 36.4 Å². The Labute approximate surface area is 148 Å². The molecule has 1 heterocycles. The number of ether oxygens (including phenoxy) is 1. The zero-order valence-corrected chi connectivity index (χ0v) is 14.1. The number of thiazole rings is 1. The number of carbonyl (C=O) groups excluding carboxylic acids is 1. The van der Waals surface area contributed by atoms with E-state index < -0.39 is 0 Å².